The molecule has 1 atom stereocenters. The molecule has 0 radical (unpaired) electrons. The third-order valence-electron chi connectivity index (χ3n) is 3.98. The van der Waals surface area contributed by atoms with Gasteiger partial charge in [0.2, 0.25) is 5.56 Å². The van der Waals surface area contributed by atoms with Gasteiger partial charge in [0.25, 0.3) is 5.91 Å². The number of aryl methyl sites for hydroxylation is 1. The lowest BCUT2D eigenvalue weighted by Gasteiger charge is -2.18. The van der Waals surface area contributed by atoms with Crippen LogP contribution in [-0.2, 0) is 7.05 Å². The number of nitrogens with zero attached hydrogens (tertiary/aromatic N) is 2. The quantitative estimate of drug-likeness (QED) is 0.771. The van der Waals surface area contributed by atoms with Crippen molar-refractivity contribution in [3.8, 4) is 0 Å². The van der Waals surface area contributed by atoms with Gasteiger partial charge in [-0.05, 0) is 30.7 Å². The largest absolute Gasteiger partial charge is 0.344 e. The molecule has 0 aliphatic rings. The topological polar surface area (TPSA) is 79.8 Å². The standard InChI is InChI=1S/C17H17FN4O2/c1-3-13(15-6-7-19-22(15)2)21-17(24)12-9-16(23)20-14-5-4-10(18)8-11(12)14/h4-9,13H,3H2,1-2H3,(H,20,23)(H,21,24)/t13-/m0/s1. The van der Waals surface area contributed by atoms with E-state index in [2.05, 4.69) is 15.4 Å². The van der Waals surface area contributed by atoms with Crippen molar-refractivity contribution in [2.45, 2.75) is 19.4 Å². The van der Waals surface area contributed by atoms with Crippen molar-refractivity contribution in [1.82, 2.24) is 20.1 Å². The second-order valence-electron chi connectivity index (χ2n) is 5.55. The monoisotopic (exact) mass is 328 g/mol. The molecule has 7 heteroatoms. The van der Waals surface area contributed by atoms with Crippen LogP contribution in [0.1, 0.15) is 35.4 Å². The summed E-state index contributed by atoms with van der Waals surface area (Å²) in [5.41, 5.74) is 1.01. The number of nitrogens with one attached hydrogen (secondary N) is 2. The second kappa shape index (κ2) is 6.27. The van der Waals surface area contributed by atoms with Gasteiger partial charge in [0.05, 0.1) is 17.3 Å². The number of hydrogen-bond donors (Lipinski definition) is 2. The normalized spacial score (nSPS) is 12.3. The lowest BCUT2D eigenvalue weighted by molar-refractivity contribution is 0.0935. The number of fused-ring (bicyclic) bond motifs is 1. The number of benzene rings is 1. The van der Waals surface area contributed by atoms with Crippen LogP contribution >= 0.6 is 0 Å². The molecule has 1 aromatic carbocycles. The number of rotatable bonds is 4. The molecule has 0 bridgehead atoms. The minimum atomic E-state index is -0.470. The summed E-state index contributed by atoms with van der Waals surface area (Å²) in [7, 11) is 1.79. The molecule has 0 aliphatic heterocycles. The Morgan fingerprint density at radius 1 is 1.38 bits per heavy atom. The lowest BCUT2D eigenvalue weighted by atomic mass is 10.1. The minimum Gasteiger partial charge on any atom is -0.344 e. The Labute approximate surface area is 137 Å². The molecular weight excluding hydrogens is 311 g/mol. The van der Waals surface area contributed by atoms with Crippen LogP contribution in [0.25, 0.3) is 10.9 Å². The zero-order valence-corrected chi connectivity index (χ0v) is 13.3. The third-order valence-corrected chi connectivity index (χ3v) is 3.98. The van der Waals surface area contributed by atoms with Gasteiger partial charge < -0.3 is 10.3 Å². The molecule has 3 rings (SSSR count). The summed E-state index contributed by atoms with van der Waals surface area (Å²) in [6.07, 6.45) is 2.31. The number of carbonyl (C=O) groups is 1. The number of hydrogen-bond acceptors (Lipinski definition) is 3. The van der Waals surface area contributed by atoms with Gasteiger partial charge in [0, 0.05) is 30.2 Å². The predicted octanol–water partition coefficient (Wildman–Crippen LogP) is 2.28. The average Bonchev–Trinajstić information content (AvgIpc) is 2.98. The Morgan fingerprint density at radius 2 is 2.17 bits per heavy atom. The molecule has 0 unspecified atom stereocenters. The molecule has 0 saturated heterocycles. The molecule has 0 saturated carbocycles. The SMILES string of the molecule is CC[C@H](NC(=O)c1cc(=O)[nH]c2ccc(F)cc12)c1ccnn1C. The number of amides is 1. The number of aromatic nitrogens is 3. The minimum absolute atomic E-state index is 0.147. The van der Waals surface area contributed by atoms with Crippen molar-refractivity contribution >= 4 is 16.8 Å². The Bertz CT molecular complexity index is 961. The van der Waals surface area contributed by atoms with Gasteiger partial charge in [-0.2, -0.15) is 5.10 Å². The maximum absolute atomic E-state index is 13.6. The molecule has 0 spiro atoms. The second-order valence-corrected chi connectivity index (χ2v) is 5.55. The number of pyridine rings is 1. The van der Waals surface area contributed by atoms with E-state index in [1.54, 1.807) is 17.9 Å². The molecule has 124 valence electrons. The van der Waals surface area contributed by atoms with Crippen LogP contribution in [0.3, 0.4) is 0 Å². The summed E-state index contributed by atoms with van der Waals surface area (Å²) in [4.78, 5) is 27.1. The summed E-state index contributed by atoms with van der Waals surface area (Å²) in [5, 5.41) is 7.36. The van der Waals surface area contributed by atoms with Gasteiger partial charge in [0.15, 0.2) is 0 Å². The smallest absolute Gasteiger partial charge is 0.252 e. The highest BCUT2D eigenvalue weighted by Crippen LogP contribution is 2.20. The van der Waals surface area contributed by atoms with Crippen molar-refractivity contribution in [3.05, 3.63) is 64.0 Å². The Hall–Kier alpha value is -2.96. The fourth-order valence-corrected chi connectivity index (χ4v) is 2.76. The van der Waals surface area contributed by atoms with Gasteiger partial charge in [-0.3, -0.25) is 14.3 Å². The van der Waals surface area contributed by atoms with Crippen molar-refractivity contribution in [3.63, 3.8) is 0 Å². The molecule has 0 aliphatic carbocycles. The summed E-state index contributed by atoms with van der Waals surface area (Å²) in [6, 6.07) is 6.68. The first-order chi connectivity index (χ1) is 11.5. The van der Waals surface area contributed by atoms with Crippen LogP contribution in [0, 0.1) is 5.82 Å². The molecule has 2 aromatic heterocycles. The highest BCUT2D eigenvalue weighted by atomic mass is 19.1. The molecule has 6 nitrogen and oxygen atoms in total. The van der Waals surface area contributed by atoms with Gasteiger partial charge in [-0.25, -0.2) is 4.39 Å². The van der Waals surface area contributed by atoms with Crippen LogP contribution in [-0.4, -0.2) is 20.7 Å². The number of carbonyl (C=O) groups excluding carboxylic acids is 1. The van der Waals surface area contributed by atoms with E-state index in [0.717, 1.165) is 5.69 Å². The zero-order chi connectivity index (χ0) is 17.3. The maximum atomic E-state index is 13.6. The first-order valence-electron chi connectivity index (χ1n) is 7.61. The van der Waals surface area contributed by atoms with E-state index in [-0.39, 0.29) is 11.6 Å². The van der Waals surface area contributed by atoms with E-state index in [1.165, 1.54) is 24.3 Å². The summed E-state index contributed by atoms with van der Waals surface area (Å²) >= 11 is 0. The molecule has 2 N–H and O–H groups in total. The molecule has 24 heavy (non-hydrogen) atoms. The maximum Gasteiger partial charge on any atom is 0.252 e. The Balaban J connectivity index is 2.01. The first-order valence-corrected chi connectivity index (χ1v) is 7.61. The van der Waals surface area contributed by atoms with Gasteiger partial charge in [-0.1, -0.05) is 6.92 Å². The van der Waals surface area contributed by atoms with Gasteiger partial charge >= 0.3 is 0 Å². The van der Waals surface area contributed by atoms with Crippen LogP contribution < -0.4 is 10.9 Å². The third kappa shape index (κ3) is 2.92. The Morgan fingerprint density at radius 3 is 2.83 bits per heavy atom. The lowest BCUT2D eigenvalue weighted by Crippen LogP contribution is -2.30. The highest BCUT2D eigenvalue weighted by molar-refractivity contribution is 6.06. The van der Waals surface area contributed by atoms with Crippen molar-refractivity contribution in [2.24, 2.45) is 7.05 Å². The van der Waals surface area contributed by atoms with Crippen molar-refractivity contribution in [1.29, 1.82) is 0 Å². The molecule has 0 fully saturated rings. The highest BCUT2D eigenvalue weighted by Gasteiger charge is 2.19. The van der Waals surface area contributed by atoms with Gasteiger partial charge in [0.1, 0.15) is 5.82 Å². The molecule has 1 amide bonds. The Kier molecular flexibility index (Phi) is 4.16. The summed E-state index contributed by atoms with van der Waals surface area (Å²) in [5.74, 6) is -0.896. The van der Waals surface area contributed by atoms with E-state index < -0.39 is 17.3 Å². The fourth-order valence-electron chi connectivity index (χ4n) is 2.76. The van der Waals surface area contributed by atoms with Crippen LogP contribution in [0.15, 0.2) is 41.3 Å². The van der Waals surface area contributed by atoms with Crippen LogP contribution in [0.5, 0.6) is 0 Å². The number of H-pyrrole nitrogens is 1. The number of aromatic amines is 1. The van der Waals surface area contributed by atoms with E-state index >= 15 is 0 Å². The molecular formula is C17H17FN4O2. The van der Waals surface area contributed by atoms with Crippen molar-refractivity contribution < 1.29 is 9.18 Å². The predicted molar refractivity (Wildman–Crippen MR) is 88.2 cm³/mol. The van der Waals surface area contributed by atoms with E-state index in [4.69, 9.17) is 0 Å². The fraction of sp³-hybridized carbons (Fsp3) is 0.235. The van der Waals surface area contributed by atoms with Crippen molar-refractivity contribution in [2.75, 3.05) is 0 Å². The van der Waals surface area contributed by atoms with Crippen LogP contribution in [0.4, 0.5) is 4.39 Å². The van der Waals surface area contributed by atoms with E-state index in [1.807, 2.05) is 13.0 Å². The zero-order valence-electron chi connectivity index (χ0n) is 13.3. The number of halogens is 1. The summed E-state index contributed by atoms with van der Waals surface area (Å²) in [6.45, 7) is 1.94. The van der Waals surface area contributed by atoms with E-state index in [9.17, 15) is 14.0 Å². The summed E-state index contributed by atoms with van der Waals surface area (Å²) < 4.78 is 15.2. The van der Waals surface area contributed by atoms with Crippen LogP contribution in [0.2, 0.25) is 0 Å². The van der Waals surface area contributed by atoms with E-state index in [0.29, 0.717) is 17.3 Å². The van der Waals surface area contributed by atoms with Gasteiger partial charge in [-0.15, -0.1) is 0 Å². The molecule has 2 heterocycles. The first kappa shape index (κ1) is 15.9. The molecule has 3 aromatic rings. The average molecular weight is 328 g/mol.